The lowest BCUT2D eigenvalue weighted by molar-refractivity contribution is -0.172. The van der Waals surface area contributed by atoms with E-state index < -0.39 is 17.7 Å². The Morgan fingerprint density at radius 2 is 1.79 bits per heavy atom. The van der Waals surface area contributed by atoms with E-state index in [1.807, 2.05) is 51.9 Å². The first-order valence-corrected chi connectivity index (χ1v) is 20.3. The number of fused-ring (bicyclic) bond motifs is 5. The van der Waals surface area contributed by atoms with E-state index in [9.17, 15) is 19.2 Å². The first-order chi connectivity index (χ1) is 25.4. The number of rotatable bonds is 19. The third-order valence-corrected chi connectivity index (χ3v) is 12.3. The first-order valence-electron chi connectivity index (χ1n) is 17.9. The van der Waals surface area contributed by atoms with Crippen LogP contribution in [0.2, 0.25) is 0 Å². The number of unbranched alkanes of at least 4 members (excludes halogenated alkanes) is 1. The molecular formula is C37H45N3O10S2. The Bertz CT molecular complexity index is 1800. The number of cyclic esters (lactones) is 1. The van der Waals surface area contributed by atoms with Crippen LogP contribution in [0.1, 0.15) is 68.0 Å². The Morgan fingerprint density at radius 3 is 2.56 bits per heavy atom. The molecule has 0 aliphatic carbocycles. The summed E-state index contributed by atoms with van der Waals surface area (Å²) in [5.74, 6) is 0.326. The minimum Gasteiger partial charge on any atom is -0.463 e. The topological polar surface area (TPSA) is 154 Å². The molecule has 3 aliphatic rings. The second-order valence-corrected chi connectivity index (χ2v) is 15.5. The summed E-state index contributed by atoms with van der Waals surface area (Å²) < 4.78 is 34.5. The number of alkyl carbamates (subject to hydrolysis) is 1. The molecule has 13 nitrogen and oxygen atoms in total. The monoisotopic (exact) mass is 755 g/mol. The van der Waals surface area contributed by atoms with Crippen molar-refractivity contribution in [3.8, 4) is 5.69 Å². The molecule has 0 bridgehead atoms. The van der Waals surface area contributed by atoms with Crippen molar-refractivity contribution in [1.29, 1.82) is 0 Å². The van der Waals surface area contributed by atoms with E-state index in [0.29, 0.717) is 62.8 Å². The molecule has 1 amide bonds. The number of carbonyl (C=O) groups excluding carboxylic acids is 3. The molecule has 3 aromatic rings. The number of nitrogens with one attached hydrogen (secondary N) is 1. The van der Waals surface area contributed by atoms with E-state index in [2.05, 4.69) is 5.32 Å². The quantitative estimate of drug-likeness (QED) is 0.0593. The van der Waals surface area contributed by atoms with Gasteiger partial charge in [-0.05, 0) is 43.9 Å². The van der Waals surface area contributed by atoms with Crippen molar-refractivity contribution in [2.45, 2.75) is 69.3 Å². The highest BCUT2D eigenvalue weighted by atomic mass is 33.1. The maximum atomic E-state index is 13.8. The van der Waals surface area contributed by atoms with Gasteiger partial charge in [-0.1, -0.05) is 53.1 Å². The minimum atomic E-state index is -1.77. The van der Waals surface area contributed by atoms with Crippen LogP contribution in [0.15, 0.2) is 41.2 Å². The van der Waals surface area contributed by atoms with Crippen LogP contribution in [-0.2, 0) is 56.6 Å². The van der Waals surface area contributed by atoms with E-state index in [0.717, 1.165) is 34.7 Å². The van der Waals surface area contributed by atoms with Crippen LogP contribution < -0.4 is 10.9 Å². The average molecular weight is 756 g/mol. The zero-order valence-corrected chi connectivity index (χ0v) is 31.0. The molecule has 1 fully saturated rings. The highest BCUT2D eigenvalue weighted by molar-refractivity contribution is 8.77. The van der Waals surface area contributed by atoms with Gasteiger partial charge in [0.15, 0.2) is 0 Å². The van der Waals surface area contributed by atoms with Gasteiger partial charge >= 0.3 is 18.0 Å². The molecule has 15 heteroatoms. The number of hydrogen-bond donors (Lipinski definition) is 1. The number of aromatic nitrogens is 2. The van der Waals surface area contributed by atoms with Gasteiger partial charge in [0, 0.05) is 47.0 Å². The maximum Gasteiger partial charge on any atom is 0.408 e. The molecule has 2 unspecified atom stereocenters. The summed E-state index contributed by atoms with van der Waals surface area (Å²) in [7, 11) is 3.90. The Balaban J connectivity index is 0.866. The first kappa shape index (κ1) is 38.1. The van der Waals surface area contributed by atoms with Crippen LogP contribution in [0.3, 0.4) is 0 Å². The Kier molecular flexibility index (Phi) is 13.5. The number of pyridine rings is 2. The molecule has 2 atom stereocenters. The van der Waals surface area contributed by atoms with Gasteiger partial charge in [0.05, 0.1) is 62.1 Å². The van der Waals surface area contributed by atoms with Crippen molar-refractivity contribution < 1.29 is 42.8 Å². The summed E-state index contributed by atoms with van der Waals surface area (Å²) >= 11 is 0. The average Bonchev–Trinajstić information content (AvgIpc) is 3.80. The molecular weight excluding hydrogens is 711 g/mol. The van der Waals surface area contributed by atoms with Gasteiger partial charge in [0.1, 0.15) is 13.2 Å². The molecule has 2 aromatic heterocycles. The van der Waals surface area contributed by atoms with E-state index in [4.69, 9.17) is 33.4 Å². The van der Waals surface area contributed by atoms with E-state index in [1.54, 1.807) is 17.6 Å². The van der Waals surface area contributed by atoms with Gasteiger partial charge in [0.2, 0.25) is 5.60 Å². The summed E-state index contributed by atoms with van der Waals surface area (Å²) in [4.78, 5) is 56.6. The molecule has 0 saturated carbocycles. The Hall–Kier alpha value is -3.63. The molecule has 1 saturated heterocycles. The summed E-state index contributed by atoms with van der Waals surface area (Å²) in [6.07, 6.45) is 4.44. The second kappa shape index (κ2) is 18.4. The summed E-state index contributed by atoms with van der Waals surface area (Å²) in [5, 5.41) is 4.27. The van der Waals surface area contributed by atoms with Crippen LogP contribution in [-0.4, -0.2) is 91.4 Å². The normalized spacial score (nSPS) is 18.8. The van der Waals surface area contributed by atoms with Gasteiger partial charge < -0.3 is 33.7 Å². The molecule has 6 rings (SSSR count). The number of ether oxygens (including phenoxy) is 6. The van der Waals surface area contributed by atoms with E-state index in [-0.39, 0.29) is 49.9 Å². The smallest absolute Gasteiger partial charge is 0.408 e. The fourth-order valence-electron chi connectivity index (χ4n) is 6.55. The van der Waals surface area contributed by atoms with Crippen LogP contribution in [0.4, 0.5) is 4.79 Å². The number of nitrogens with zero attached hydrogens (tertiary/aromatic N) is 2. The molecule has 1 aromatic carbocycles. The van der Waals surface area contributed by atoms with Crippen LogP contribution in [0, 0.1) is 0 Å². The van der Waals surface area contributed by atoms with Gasteiger partial charge in [-0.2, -0.15) is 0 Å². The summed E-state index contributed by atoms with van der Waals surface area (Å²) in [6.45, 7) is 3.71. The molecule has 52 heavy (non-hydrogen) atoms. The van der Waals surface area contributed by atoms with E-state index in [1.165, 1.54) is 18.6 Å². The lowest BCUT2D eigenvalue weighted by Crippen LogP contribution is -2.49. The Labute approximate surface area is 310 Å². The SMILES string of the molecule is CCC1(OC(=O)NCCOCCOCCOCCOC(=O)CCCCC2CCSS2)C(=O)OCc2c1cc1n(c2=O)-c2cc3ccccc3nc2C1. The standard InChI is InChI=1S/C37H45N3O10S2/c1-2-37(29-22-26-23-31-32(21-25-7-3-5-9-30(25)39-31)40(26)34(42)28(29)24-49-35(37)43)50-36(44)38-12-13-45-14-15-46-16-17-47-18-19-48-33(41)10-6-4-8-27-11-20-51-52-27/h3,5,7,9,21-22,27H,2,4,6,8,10-20,23-24H2,1H3,(H,38,44). The number of para-hydroxylation sites is 1. The molecule has 0 radical (unpaired) electrons. The number of hydrogen-bond acceptors (Lipinski definition) is 13. The molecule has 5 heterocycles. The summed E-state index contributed by atoms with van der Waals surface area (Å²) in [5.41, 5.74) is 1.46. The van der Waals surface area contributed by atoms with Crippen molar-refractivity contribution in [2.75, 3.05) is 58.5 Å². The molecule has 1 N–H and O–H groups in total. The number of carbonyl (C=O) groups is 3. The fraction of sp³-hybridized carbons (Fsp3) is 0.541. The van der Waals surface area contributed by atoms with Crippen LogP contribution >= 0.6 is 21.6 Å². The predicted octanol–water partition coefficient (Wildman–Crippen LogP) is 4.99. The lowest BCUT2D eigenvalue weighted by Gasteiger charge is -2.35. The summed E-state index contributed by atoms with van der Waals surface area (Å²) in [6, 6.07) is 11.4. The molecule has 0 spiro atoms. The highest BCUT2D eigenvalue weighted by Gasteiger charge is 2.50. The molecule has 3 aliphatic heterocycles. The van der Waals surface area contributed by atoms with Gasteiger partial charge in [-0.25, -0.2) is 9.59 Å². The predicted molar refractivity (Wildman–Crippen MR) is 197 cm³/mol. The zero-order chi connectivity index (χ0) is 36.3. The largest absolute Gasteiger partial charge is 0.463 e. The third kappa shape index (κ3) is 9.11. The van der Waals surface area contributed by atoms with Crippen molar-refractivity contribution in [2.24, 2.45) is 0 Å². The molecule has 280 valence electrons. The van der Waals surface area contributed by atoms with E-state index >= 15 is 0 Å². The van der Waals surface area contributed by atoms with Gasteiger partial charge in [0.25, 0.3) is 5.56 Å². The van der Waals surface area contributed by atoms with Gasteiger partial charge in [-0.3, -0.25) is 19.1 Å². The maximum absolute atomic E-state index is 13.8. The van der Waals surface area contributed by atoms with Crippen LogP contribution in [0.25, 0.3) is 16.6 Å². The third-order valence-electron chi connectivity index (χ3n) is 9.27. The number of amides is 1. The Morgan fingerprint density at radius 1 is 1.02 bits per heavy atom. The highest BCUT2D eigenvalue weighted by Crippen LogP contribution is 2.40. The van der Waals surface area contributed by atoms with Crippen molar-refractivity contribution >= 4 is 50.5 Å². The van der Waals surface area contributed by atoms with Gasteiger partial charge in [-0.15, -0.1) is 0 Å². The second-order valence-electron chi connectivity index (χ2n) is 12.7. The number of benzene rings is 1. The van der Waals surface area contributed by atoms with Crippen molar-refractivity contribution in [1.82, 2.24) is 14.9 Å². The fourth-order valence-corrected chi connectivity index (χ4v) is 9.58. The van der Waals surface area contributed by atoms with Crippen molar-refractivity contribution in [3.05, 3.63) is 69.3 Å². The number of esters is 2. The van der Waals surface area contributed by atoms with Crippen LogP contribution in [0.5, 0.6) is 0 Å². The lowest BCUT2D eigenvalue weighted by atomic mass is 9.85. The minimum absolute atomic E-state index is 0.0755. The van der Waals surface area contributed by atoms with Crippen molar-refractivity contribution in [3.63, 3.8) is 0 Å². The zero-order valence-electron chi connectivity index (χ0n) is 29.4.